The molecule has 2 aromatic carbocycles. The highest BCUT2D eigenvalue weighted by atomic mass is 79.9. The Kier molecular flexibility index (Phi) is 6.98. The average Bonchev–Trinajstić information content (AvgIpc) is 3.27. The van der Waals surface area contributed by atoms with Gasteiger partial charge in [0.05, 0.1) is 29.7 Å². The van der Waals surface area contributed by atoms with E-state index in [9.17, 15) is 19.5 Å². The number of carboxylic acid groups (broad SMARTS) is 2. The van der Waals surface area contributed by atoms with Crippen LogP contribution in [0.15, 0.2) is 56.1 Å². The zero-order chi connectivity index (χ0) is 24.4. The zero-order valence-electron chi connectivity index (χ0n) is 17.6. The minimum absolute atomic E-state index is 0.00994. The van der Waals surface area contributed by atoms with Crippen LogP contribution in [-0.4, -0.2) is 51.9 Å². The van der Waals surface area contributed by atoms with Crippen LogP contribution >= 0.6 is 15.9 Å². The molecule has 3 aromatic rings. The van der Waals surface area contributed by atoms with Crippen LogP contribution in [0.3, 0.4) is 0 Å². The molecule has 2 unspecified atom stereocenters. The summed E-state index contributed by atoms with van der Waals surface area (Å²) in [6.07, 6.45) is -1.25. The number of fused-ring (bicyclic) bond motifs is 1. The van der Waals surface area contributed by atoms with Crippen molar-refractivity contribution >= 4 is 38.8 Å². The summed E-state index contributed by atoms with van der Waals surface area (Å²) in [5.41, 5.74) is 0.657. The molecule has 0 bridgehead atoms. The van der Waals surface area contributed by atoms with E-state index in [0.29, 0.717) is 10.9 Å². The molecule has 4 rings (SSSR count). The van der Waals surface area contributed by atoms with Gasteiger partial charge >= 0.3 is 17.6 Å². The maximum absolute atomic E-state index is 12.4. The van der Waals surface area contributed by atoms with Crippen LogP contribution in [0.25, 0.3) is 11.0 Å². The van der Waals surface area contributed by atoms with Gasteiger partial charge in [-0.15, -0.1) is 0 Å². The number of ether oxygens (including phenoxy) is 2. The van der Waals surface area contributed by atoms with Crippen molar-refractivity contribution in [3.05, 3.63) is 74.0 Å². The predicted molar refractivity (Wildman–Crippen MR) is 121 cm³/mol. The number of phenolic OH excluding ortho intramolecular Hbond substituents is 1. The minimum Gasteiger partial charge on any atom is -0.506 e. The van der Waals surface area contributed by atoms with Gasteiger partial charge in [-0.3, -0.25) is 14.5 Å². The molecule has 0 saturated carbocycles. The van der Waals surface area contributed by atoms with E-state index in [0.717, 1.165) is 10.5 Å². The Morgan fingerprint density at radius 3 is 2.41 bits per heavy atom. The molecule has 1 saturated heterocycles. The first kappa shape index (κ1) is 23.9. The fourth-order valence-electron chi connectivity index (χ4n) is 3.88. The molecule has 1 aromatic heterocycles. The lowest BCUT2D eigenvalue weighted by Crippen LogP contribution is -2.34. The van der Waals surface area contributed by atoms with Crippen LogP contribution < -0.4 is 5.63 Å². The molecule has 2 atom stereocenters. The van der Waals surface area contributed by atoms with E-state index in [1.165, 1.54) is 6.07 Å². The lowest BCUT2D eigenvalue weighted by atomic mass is 10.0. The highest BCUT2D eigenvalue weighted by Crippen LogP contribution is 2.41. The van der Waals surface area contributed by atoms with Crippen molar-refractivity contribution in [1.82, 2.24) is 4.90 Å². The summed E-state index contributed by atoms with van der Waals surface area (Å²) in [5, 5.41) is 29.4. The lowest BCUT2D eigenvalue weighted by molar-refractivity contribution is -0.142. The monoisotopic (exact) mass is 533 g/mol. The Balaban J connectivity index is 1.76. The number of carboxylic acids is 2. The molecule has 0 radical (unpaired) electrons. The number of aliphatic carboxylic acids is 2. The number of halogens is 1. The van der Waals surface area contributed by atoms with Crippen LogP contribution in [0.5, 0.6) is 5.75 Å². The van der Waals surface area contributed by atoms with E-state index in [1.807, 2.05) is 30.3 Å². The predicted octanol–water partition coefficient (Wildman–Crippen LogP) is 3.02. The second-order valence-corrected chi connectivity index (χ2v) is 8.57. The summed E-state index contributed by atoms with van der Waals surface area (Å²) in [6.45, 7) is -1.32. The Morgan fingerprint density at radius 1 is 1.09 bits per heavy atom. The SMILES string of the molecule is O=C(O)CN(CC(=O)O)Cc1c(O)c(Br)cc2c(C3COC(c4ccccc4)O3)cc(=O)oc12. The van der Waals surface area contributed by atoms with Gasteiger partial charge in [-0.05, 0) is 22.0 Å². The summed E-state index contributed by atoms with van der Waals surface area (Å²) in [4.78, 5) is 36.0. The first-order valence-corrected chi connectivity index (χ1v) is 11.0. The molecule has 178 valence electrons. The molecular weight excluding hydrogens is 514 g/mol. The smallest absolute Gasteiger partial charge is 0.336 e. The van der Waals surface area contributed by atoms with Crippen molar-refractivity contribution in [2.45, 2.75) is 18.9 Å². The molecule has 2 heterocycles. The number of nitrogens with zero attached hydrogens (tertiary/aromatic N) is 1. The van der Waals surface area contributed by atoms with Crippen LogP contribution in [0.2, 0.25) is 0 Å². The number of hydrogen-bond acceptors (Lipinski definition) is 8. The molecule has 0 spiro atoms. The molecule has 1 aliphatic rings. The van der Waals surface area contributed by atoms with E-state index < -0.39 is 43.0 Å². The quantitative estimate of drug-likeness (QED) is 0.369. The Morgan fingerprint density at radius 2 is 1.76 bits per heavy atom. The standard InChI is InChI=1S/C23H20BrNO9/c24-16-6-14-13(17-11-32-23(33-17)12-4-2-1-3-5-12)7-20(30)34-22(14)15(21(16)31)8-25(9-18(26)27)10-19(28)29/h1-7,17,23,31H,8-11H2,(H,26,27)(H,28,29). The molecule has 1 aliphatic heterocycles. The van der Waals surface area contributed by atoms with Gasteiger partial charge in [0.25, 0.3) is 0 Å². The molecule has 0 amide bonds. The average molecular weight is 534 g/mol. The van der Waals surface area contributed by atoms with E-state index in [4.69, 9.17) is 24.1 Å². The third kappa shape index (κ3) is 5.12. The van der Waals surface area contributed by atoms with Crippen molar-refractivity contribution in [3.63, 3.8) is 0 Å². The second kappa shape index (κ2) is 9.94. The van der Waals surface area contributed by atoms with Crippen molar-refractivity contribution in [2.75, 3.05) is 19.7 Å². The van der Waals surface area contributed by atoms with Crippen molar-refractivity contribution in [3.8, 4) is 5.75 Å². The molecule has 34 heavy (non-hydrogen) atoms. The van der Waals surface area contributed by atoms with Gasteiger partial charge < -0.3 is 29.2 Å². The van der Waals surface area contributed by atoms with Crippen molar-refractivity contribution in [2.24, 2.45) is 0 Å². The number of aromatic hydroxyl groups is 1. The van der Waals surface area contributed by atoms with E-state index in [2.05, 4.69) is 15.9 Å². The Labute approximate surface area is 201 Å². The number of hydrogen-bond donors (Lipinski definition) is 3. The summed E-state index contributed by atoms with van der Waals surface area (Å²) >= 11 is 3.28. The maximum atomic E-state index is 12.4. The largest absolute Gasteiger partial charge is 0.506 e. The number of benzene rings is 2. The van der Waals surface area contributed by atoms with Crippen LogP contribution in [0, 0.1) is 0 Å². The highest BCUT2D eigenvalue weighted by Gasteiger charge is 2.31. The van der Waals surface area contributed by atoms with E-state index >= 15 is 0 Å². The van der Waals surface area contributed by atoms with Crippen LogP contribution in [0.1, 0.15) is 29.1 Å². The first-order chi connectivity index (χ1) is 16.2. The van der Waals surface area contributed by atoms with E-state index in [1.54, 1.807) is 6.07 Å². The van der Waals surface area contributed by atoms with Gasteiger partial charge in [0.2, 0.25) is 0 Å². The third-order valence-corrected chi connectivity index (χ3v) is 5.90. The van der Waals surface area contributed by atoms with Gasteiger partial charge in [0.1, 0.15) is 17.4 Å². The summed E-state index contributed by atoms with van der Waals surface area (Å²) in [6, 6.07) is 12.1. The van der Waals surface area contributed by atoms with Gasteiger partial charge in [-0.2, -0.15) is 0 Å². The molecule has 11 heteroatoms. The molecule has 10 nitrogen and oxygen atoms in total. The summed E-state index contributed by atoms with van der Waals surface area (Å²) < 4.78 is 17.5. The zero-order valence-corrected chi connectivity index (χ0v) is 19.2. The summed E-state index contributed by atoms with van der Waals surface area (Å²) in [7, 11) is 0. The first-order valence-electron chi connectivity index (χ1n) is 10.2. The lowest BCUT2D eigenvalue weighted by Gasteiger charge is -2.21. The van der Waals surface area contributed by atoms with E-state index in [-0.39, 0.29) is 34.5 Å². The van der Waals surface area contributed by atoms with Crippen molar-refractivity contribution in [1.29, 1.82) is 0 Å². The van der Waals surface area contributed by atoms with Gasteiger partial charge in [-0.25, -0.2) is 4.79 Å². The minimum atomic E-state index is -1.24. The highest BCUT2D eigenvalue weighted by molar-refractivity contribution is 9.10. The number of phenols is 1. The van der Waals surface area contributed by atoms with Crippen LogP contribution in [-0.2, 0) is 25.6 Å². The summed E-state index contributed by atoms with van der Waals surface area (Å²) in [5.74, 6) is -2.78. The third-order valence-electron chi connectivity index (χ3n) is 5.29. The molecule has 0 aliphatic carbocycles. The molecule has 1 fully saturated rings. The maximum Gasteiger partial charge on any atom is 0.336 e. The number of carbonyl (C=O) groups is 2. The van der Waals surface area contributed by atoms with Gasteiger partial charge in [0.15, 0.2) is 6.29 Å². The van der Waals surface area contributed by atoms with Crippen LogP contribution in [0.4, 0.5) is 0 Å². The van der Waals surface area contributed by atoms with Gasteiger partial charge in [0, 0.05) is 29.1 Å². The topological polar surface area (TPSA) is 147 Å². The van der Waals surface area contributed by atoms with Gasteiger partial charge in [-0.1, -0.05) is 30.3 Å². The molecular formula is C23H20BrNO9. The number of rotatable bonds is 8. The normalized spacial score (nSPS) is 17.9. The Hall–Kier alpha value is -3.25. The fourth-order valence-corrected chi connectivity index (χ4v) is 4.35. The molecule has 3 N–H and O–H groups in total. The van der Waals surface area contributed by atoms with Crippen molar-refractivity contribution < 1.29 is 38.8 Å². The fraction of sp³-hybridized carbons (Fsp3) is 0.261. The Bertz CT molecular complexity index is 1280. The second-order valence-electron chi connectivity index (χ2n) is 7.72.